The standard InChI is InChI=1S/C13H27N/c1-10(2)9-12(14)11-5-7-13(3,4)8-6-11/h10-12H,5-9,14H2,1-4H3. The summed E-state index contributed by atoms with van der Waals surface area (Å²) in [7, 11) is 0. The van der Waals surface area contributed by atoms with Gasteiger partial charge in [-0.1, -0.05) is 27.7 Å². The second kappa shape index (κ2) is 4.65. The summed E-state index contributed by atoms with van der Waals surface area (Å²) in [5.74, 6) is 1.55. The van der Waals surface area contributed by atoms with Crippen molar-refractivity contribution in [1.82, 2.24) is 0 Å². The predicted molar refractivity (Wildman–Crippen MR) is 63.2 cm³/mol. The Balaban J connectivity index is 2.34. The quantitative estimate of drug-likeness (QED) is 0.735. The Bertz CT molecular complexity index is 162. The molecular formula is C13H27N. The maximum absolute atomic E-state index is 6.24. The highest BCUT2D eigenvalue weighted by Gasteiger charge is 2.29. The van der Waals surface area contributed by atoms with Gasteiger partial charge in [-0.25, -0.2) is 0 Å². The van der Waals surface area contributed by atoms with E-state index in [1.54, 1.807) is 0 Å². The fourth-order valence-electron chi connectivity index (χ4n) is 2.59. The van der Waals surface area contributed by atoms with Crippen molar-refractivity contribution in [1.29, 1.82) is 0 Å². The van der Waals surface area contributed by atoms with Gasteiger partial charge in [-0.05, 0) is 49.4 Å². The molecule has 0 bridgehead atoms. The third kappa shape index (κ3) is 3.61. The first kappa shape index (κ1) is 12.0. The molecule has 1 rings (SSSR count). The van der Waals surface area contributed by atoms with Crippen molar-refractivity contribution < 1.29 is 0 Å². The van der Waals surface area contributed by atoms with Crippen LogP contribution in [-0.2, 0) is 0 Å². The molecule has 1 heteroatoms. The molecule has 2 N–H and O–H groups in total. The van der Waals surface area contributed by atoms with Gasteiger partial charge in [0, 0.05) is 6.04 Å². The van der Waals surface area contributed by atoms with Crippen LogP contribution in [0.1, 0.15) is 59.8 Å². The van der Waals surface area contributed by atoms with E-state index < -0.39 is 0 Å². The summed E-state index contributed by atoms with van der Waals surface area (Å²) in [6.45, 7) is 9.31. The molecule has 1 aliphatic rings. The Labute approximate surface area is 89.5 Å². The molecule has 0 amide bonds. The second-order valence-corrected chi connectivity index (χ2v) is 6.30. The first-order valence-corrected chi connectivity index (χ1v) is 6.16. The molecule has 14 heavy (non-hydrogen) atoms. The van der Waals surface area contributed by atoms with Crippen molar-refractivity contribution in [3.05, 3.63) is 0 Å². The summed E-state index contributed by atoms with van der Waals surface area (Å²) in [5, 5.41) is 0. The van der Waals surface area contributed by atoms with Crippen LogP contribution < -0.4 is 5.73 Å². The van der Waals surface area contributed by atoms with E-state index in [0.717, 1.165) is 11.8 Å². The Morgan fingerprint density at radius 1 is 1.21 bits per heavy atom. The minimum atomic E-state index is 0.450. The van der Waals surface area contributed by atoms with E-state index in [0.29, 0.717) is 11.5 Å². The molecule has 1 aliphatic carbocycles. The molecule has 1 nitrogen and oxygen atoms in total. The molecule has 84 valence electrons. The van der Waals surface area contributed by atoms with Gasteiger partial charge in [0.2, 0.25) is 0 Å². The van der Waals surface area contributed by atoms with Crippen LogP contribution in [0.5, 0.6) is 0 Å². The molecule has 1 saturated carbocycles. The molecule has 0 aliphatic heterocycles. The second-order valence-electron chi connectivity index (χ2n) is 6.30. The molecule has 0 aromatic carbocycles. The van der Waals surface area contributed by atoms with Crippen LogP contribution in [0.15, 0.2) is 0 Å². The Hall–Kier alpha value is -0.0400. The fourth-order valence-corrected chi connectivity index (χ4v) is 2.59. The summed E-state index contributed by atoms with van der Waals surface area (Å²) >= 11 is 0. The average Bonchev–Trinajstić information content (AvgIpc) is 2.02. The molecule has 0 spiro atoms. The normalized spacial score (nSPS) is 25.3. The summed E-state index contributed by atoms with van der Waals surface area (Å²) in [6.07, 6.45) is 6.62. The molecule has 0 aromatic rings. The molecule has 1 atom stereocenters. The van der Waals surface area contributed by atoms with Crippen molar-refractivity contribution in [3.8, 4) is 0 Å². The van der Waals surface area contributed by atoms with Gasteiger partial charge in [-0.2, -0.15) is 0 Å². The third-order valence-corrected chi connectivity index (χ3v) is 3.73. The van der Waals surface area contributed by atoms with Gasteiger partial charge in [-0.15, -0.1) is 0 Å². The largest absolute Gasteiger partial charge is 0.327 e. The minimum absolute atomic E-state index is 0.450. The van der Waals surface area contributed by atoms with Gasteiger partial charge in [-0.3, -0.25) is 0 Å². The monoisotopic (exact) mass is 197 g/mol. The van der Waals surface area contributed by atoms with Crippen molar-refractivity contribution in [3.63, 3.8) is 0 Å². The summed E-state index contributed by atoms with van der Waals surface area (Å²) in [6, 6.07) is 0.450. The fraction of sp³-hybridized carbons (Fsp3) is 1.00. The third-order valence-electron chi connectivity index (χ3n) is 3.73. The smallest absolute Gasteiger partial charge is 0.00696 e. The molecule has 0 radical (unpaired) electrons. The van der Waals surface area contributed by atoms with Gasteiger partial charge in [0.25, 0.3) is 0 Å². The Kier molecular flexibility index (Phi) is 4.00. The van der Waals surface area contributed by atoms with Crippen LogP contribution in [-0.4, -0.2) is 6.04 Å². The van der Waals surface area contributed by atoms with Crippen LogP contribution >= 0.6 is 0 Å². The topological polar surface area (TPSA) is 26.0 Å². The lowest BCUT2D eigenvalue weighted by molar-refractivity contribution is 0.166. The van der Waals surface area contributed by atoms with Crippen LogP contribution in [0.2, 0.25) is 0 Å². The zero-order chi connectivity index (χ0) is 10.8. The lowest BCUT2D eigenvalue weighted by Gasteiger charge is -2.37. The van der Waals surface area contributed by atoms with E-state index in [1.165, 1.54) is 32.1 Å². The SMILES string of the molecule is CC(C)CC(N)C1CCC(C)(C)CC1. The van der Waals surface area contributed by atoms with Gasteiger partial charge in [0.05, 0.1) is 0 Å². The predicted octanol–water partition coefficient (Wildman–Crippen LogP) is 3.58. The van der Waals surface area contributed by atoms with E-state index in [1.807, 2.05) is 0 Å². The van der Waals surface area contributed by atoms with E-state index in [9.17, 15) is 0 Å². The molecule has 1 unspecified atom stereocenters. The minimum Gasteiger partial charge on any atom is -0.327 e. The van der Waals surface area contributed by atoms with Gasteiger partial charge in [0.15, 0.2) is 0 Å². The van der Waals surface area contributed by atoms with Crippen molar-refractivity contribution in [2.75, 3.05) is 0 Å². The van der Waals surface area contributed by atoms with Crippen LogP contribution in [0.4, 0.5) is 0 Å². The molecule has 1 fully saturated rings. The Morgan fingerprint density at radius 3 is 2.14 bits per heavy atom. The number of hydrogen-bond donors (Lipinski definition) is 1. The summed E-state index contributed by atoms with van der Waals surface area (Å²) in [4.78, 5) is 0. The first-order chi connectivity index (χ1) is 6.41. The maximum atomic E-state index is 6.24. The zero-order valence-electron chi connectivity index (χ0n) is 10.3. The van der Waals surface area contributed by atoms with Crippen molar-refractivity contribution >= 4 is 0 Å². The lowest BCUT2D eigenvalue weighted by Crippen LogP contribution is -2.35. The van der Waals surface area contributed by atoms with Crippen molar-refractivity contribution in [2.24, 2.45) is 23.0 Å². The van der Waals surface area contributed by atoms with Crippen molar-refractivity contribution in [2.45, 2.75) is 65.8 Å². The number of rotatable bonds is 3. The van der Waals surface area contributed by atoms with E-state index in [-0.39, 0.29) is 0 Å². The molecular weight excluding hydrogens is 170 g/mol. The zero-order valence-corrected chi connectivity index (χ0v) is 10.3. The maximum Gasteiger partial charge on any atom is 0.00696 e. The van der Waals surface area contributed by atoms with E-state index >= 15 is 0 Å². The Morgan fingerprint density at radius 2 is 1.71 bits per heavy atom. The highest BCUT2D eigenvalue weighted by Crippen LogP contribution is 2.39. The average molecular weight is 197 g/mol. The molecule has 0 saturated heterocycles. The van der Waals surface area contributed by atoms with Crippen LogP contribution in [0, 0.1) is 17.3 Å². The summed E-state index contributed by atoms with van der Waals surface area (Å²) < 4.78 is 0. The van der Waals surface area contributed by atoms with Gasteiger partial charge in [0.1, 0.15) is 0 Å². The highest BCUT2D eigenvalue weighted by atomic mass is 14.7. The van der Waals surface area contributed by atoms with E-state index in [2.05, 4.69) is 27.7 Å². The summed E-state index contributed by atoms with van der Waals surface area (Å²) in [5.41, 5.74) is 6.82. The lowest BCUT2D eigenvalue weighted by atomic mass is 9.70. The number of hydrogen-bond acceptors (Lipinski definition) is 1. The molecule has 0 aromatic heterocycles. The highest BCUT2D eigenvalue weighted by molar-refractivity contribution is 4.83. The van der Waals surface area contributed by atoms with Gasteiger partial charge >= 0.3 is 0 Å². The first-order valence-electron chi connectivity index (χ1n) is 6.16. The van der Waals surface area contributed by atoms with Crippen LogP contribution in [0.3, 0.4) is 0 Å². The number of nitrogens with two attached hydrogens (primary N) is 1. The molecule has 0 heterocycles. The van der Waals surface area contributed by atoms with E-state index in [4.69, 9.17) is 5.73 Å². The van der Waals surface area contributed by atoms with Gasteiger partial charge < -0.3 is 5.73 Å². The van der Waals surface area contributed by atoms with Crippen LogP contribution in [0.25, 0.3) is 0 Å².